The van der Waals surface area contributed by atoms with Gasteiger partial charge in [-0.05, 0) is 37.1 Å². The second-order valence-corrected chi connectivity index (χ2v) is 6.72. The van der Waals surface area contributed by atoms with Crippen molar-refractivity contribution in [3.8, 4) is 0 Å². The van der Waals surface area contributed by atoms with E-state index in [1.807, 2.05) is 22.2 Å². The van der Waals surface area contributed by atoms with Gasteiger partial charge in [0.05, 0.1) is 12.2 Å². The van der Waals surface area contributed by atoms with Crippen LogP contribution in [0.3, 0.4) is 0 Å². The van der Waals surface area contributed by atoms with Crippen LogP contribution in [0.1, 0.15) is 28.9 Å². The van der Waals surface area contributed by atoms with Gasteiger partial charge in [0.1, 0.15) is 0 Å². The number of benzene rings is 1. The predicted octanol–water partition coefficient (Wildman–Crippen LogP) is 2.67. The molecule has 1 aliphatic carbocycles. The summed E-state index contributed by atoms with van der Waals surface area (Å²) in [4.78, 5) is 29.2. The fraction of sp³-hybridized carbons (Fsp3) is 0.235. The van der Waals surface area contributed by atoms with E-state index in [1.54, 1.807) is 35.6 Å². The summed E-state index contributed by atoms with van der Waals surface area (Å²) in [6.07, 6.45) is 5.78. The molecule has 2 heterocycles. The first kappa shape index (κ1) is 14.9. The van der Waals surface area contributed by atoms with Crippen molar-refractivity contribution in [1.82, 2.24) is 14.7 Å². The number of carbonyl (C=O) groups is 2. The lowest BCUT2D eigenvalue weighted by atomic mass is 10.2. The minimum atomic E-state index is -0.161. The number of thiazole rings is 1. The monoisotopic (exact) mass is 340 g/mol. The van der Waals surface area contributed by atoms with E-state index in [0.29, 0.717) is 12.1 Å². The van der Waals surface area contributed by atoms with E-state index in [2.05, 4.69) is 15.6 Å². The van der Waals surface area contributed by atoms with E-state index in [9.17, 15) is 9.59 Å². The van der Waals surface area contributed by atoms with Gasteiger partial charge in [-0.2, -0.15) is 0 Å². The topological polar surface area (TPSA) is 75.5 Å². The van der Waals surface area contributed by atoms with Gasteiger partial charge in [-0.1, -0.05) is 0 Å². The average Bonchev–Trinajstić information content (AvgIpc) is 3.23. The Balaban J connectivity index is 1.35. The molecule has 0 atom stereocenters. The van der Waals surface area contributed by atoms with Crippen LogP contribution in [0, 0.1) is 5.92 Å². The van der Waals surface area contributed by atoms with E-state index >= 15 is 0 Å². The highest BCUT2D eigenvalue weighted by Crippen LogP contribution is 2.30. The van der Waals surface area contributed by atoms with Crippen LogP contribution >= 0.6 is 11.3 Å². The average molecular weight is 340 g/mol. The van der Waals surface area contributed by atoms with Gasteiger partial charge in [0.25, 0.3) is 5.91 Å². The van der Waals surface area contributed by atoms with Crippen LogP contribution in [0.2, 0.25) is 0 Å². The Morgan fingerprint density at radius 3 is 2.75 bits per heavy atom. The molecule has 7 heteroatoms. The molecule has 0 saturated heterocycles. The van der Waals surface area contributed by atoms with Crippen molar-refractivity contribution >= 4 is 33.8 Å². The van der Waals surface area contributed by atoms with Crippen LogP contribution in [0.5, 0.6) is 0 Å². The zero-order valence-corrected chi connectivity index (χ0v) is 13.7. The third-order valence-corrected chi connectivity index (χ3v) is 4.71. The maximum Gasteiger partial charge on any atom is 0.251 e. The molecular weight excluding hydrogens is 324 g/mol. The predicted molar refractivity (Wildman–Crippen MR) is 92.0 cm³/mol. The maximum absolute atomic E-state index is 12.2. The van der Waals surface area contributed by atoms with E-state index in [4.69, 9.17) is 0 Å². The molecule has 0 spiro atoms. The lowest BCUT2D eigenvalue weighted by Gasteiger charge is -2.06. The standard InChI is InChI=1S/C17H16N4O2S/c22-15(18-9-14-10-21-7-8-24-17(21)20-14)11-3-5-13(6-4-11)19-16(23)12-1-2-12/h3-8,10,12H,1-2,9H2,(H,18,22)(H,19,23). The minimum absolute atomic E-state index is 0.0620. The molecule has 1 fully saturated rings. The molecule has 0 aliphatic heterocycles. The fourth-order valence-corrected chi connectivity index (χ4v) is 3.15. The van der Waals surface area contributed by atoms with Crippen LogP contribution in [0.4, 0.5) is 5.69 Å². The van der Waals surface area contributed by atoms with Crippen LogP contribution in [-0.2, 0) is 11.3 Å². The lowest BCUT2D eigenvalue weighted by molar-refractivity contribution is -0.117. The summed E-state index contributed by atoms with van der Waals surface area (Å²) in [6, 6.07) is 6.93. The van der Waals surface area contributed by atoms with E-state index in [-0.39, 0.29) is 17.7 Å². The normalized spacial score (nSPS) is 13.8. The van der Waals surface area contributed by atoms with Crippen LogP contribution in [-0.4, -0.2) is 21.2 Å². The molecular formula is C17H16N4O2S. The molecule has 1 aliphatic rings. The molecule has 122 valence electrons. The summed E-state index contributed by atoms with van der Waals surface area (Å²) in [5.74, 6) is 0.0656. The highest BCUT2D eigenvalue weighted by atomic mass is 32.1. The summed E-state index contributed by atoms with van der Waals surface area (Å²) in [5.41, 5.74) is 2.10. The molecule has 0 bridgehead atoms. The van der Waals surface area contributed by atoms with Crippen molar-refractivity contribution in [2.24, 2.45) is 5.92 Å². The Kier molecular flexibility index (Phi) is 3.78. The molecule has 2 N–H and O–H groups in total. The first-order chi connectivity index (χ1) is 11.7. The van der Waals surface area contributed by atoms with Crippen LogP contribution in [0.25, 0.3) is 4.96 Å². The molecule has 2 aromatic heterocycles. The highest BCUT2D eigenvalue weighted by molar-refractivity contribution is 7.15. The van der Waals surface area contributed by atoms with Gasteiger partial charge in [0.2, 0.25) is 5.91 Å². The Morgan fingerprint density at radius 1 is 1.25 bits per heavy atom. The molecule has 4 rings (SSSR count). The second-order valence-electron chi connectivity index (χ2n) is 5.85. The number of carbonyl (C=O) groups excluding carboxylic acids is 2. The van der Waals surface area contributed by atoms with Crippen LogP contribution < -0.4 is 10.6 Å². The summed E-state index contributed by atoms with van der Waals surface area (Å²) < 4.78 is 1.93. The number of hydrogen-bond acceptors (Lipinski definition) is 4. The number of nitrogens with one attached hydrogen (secondary N) is 2. The van der Waals surface area contributed by atoms with Crippen molar-refractivity contribution < 1.29 is 9.59 Å². The van der Waals surface area contributed by atoms with E-state index < -0.39 is 0 Å². The number of fused-ring (bicyclic) bond motifs is 1. The van der Waals surface area contributed by atoms with Crippen LogP contribution in [0.15, 0.2) is 42.0 Å². The third kappa shape index (κ3) is 3.16. The van der Waals surface area contributed by atoms with Gasteiger partial charge < -0.3 is 10.6 Å². The Bertz CT molecular complexity index is 864. The highest BCUT2D eigenvalue weighted by Gasteiger charge is 2.29. The number of hydrogen-bond donors (Lipinski definition) is 2. The summed E-state index contributed by atoms with van der Waals surface area (Å²) >= 11 is 1.56. The largest absolute Gasteiger partial charge is 0.346 e. The van der Waals surface area contributed by atoms with Gasteiger partial charge in [-0.3, -0.25) is 14.0 Å². The number of rotatable bonds is 5. The van der Waals surface area contributed by atoms with Gasteiger partial charge in [-0.25, -0.2) is 4.98 Å². The molecule has 1 aromatic carbocycles. The van der Waals surface area contributed by atoms with Gasteiger partial charge in [0.15, 0.2) is 4.96 Å². The lowest BCUT2D eigenvalue weighted by Crippen LogP contribution is -2.23. The molecule has 0 unspecified atom stereocenters. The minimum Gasteiger partial charge on any atom is -0.346 e. The molecule has 6 nitrogen and oxygen atoms in total. The van der Waals surface area contributed by atoms with Gasteiger partial charge >= 0.3 is 0 Å². The zero-order valence-electron chi connectivity index (χ0n) is 12.9. The summed E-state index contributed by atoms with van der Waals surface area (Å²) in [7, 11) is 0. The summed E-state index contributed by atoms with van der Waals surface area (Å²) in [5, 5.41) is 7.68. The molecule has 3 aromatic rings. The van der Waals surface area contributed by atoms with E-state index in [0.717, 1.165) is 29.2 Å². The Hall–Kier alpha value is -2.67. The molecule has 24 heavy (non-hydrogen) atoms. The smallest absolute Gasteiger partial charge is 0.251 e. The number of aromatic nitrogens is 2. The first-order valence-corrected chi connectivity index (χ1v) is 8.67. The number of amides is 2. The molecule has 2 amide bonds. The number of nitrogens with zero attached hydrogens (tertiary/aromatic N) is 2. The van der Waals surface area contributed by atoms with E-state index in [1.165, 1.54) is 0 Å². The third-order valence-electron chi connectivity index (χ3n) is 3.94. The van der Waals surface area contributed by atoms with Crippen molar-refractivity contribution in [3.63, 3.8) is 0 Å². The Morgan fingerprint density at radius 2 is 2.04 bits per heavy atom. The van der Waals surface area contributed by atoms with Gasteiger partial charge in [0, 0.05) is 34.9 Å². The number of imidazole rings is 1. The SMILES string of the molecule is O=C(NCc1cn2ccsc2n1)c1ccc(NC(=O)C2CC2)cc1. The van der Waals surface area contributed by atoms with Crippen molar-refractivity contribution in [3.05, 3.63) is 53.3 Å². The van der Waals surface area contributed by atoms with Crippen molar-refractivity contribution in [1.29, 1.82) is 0 Å². The maximum atomic E-state index is 12.2. The van der Waals surface area contributed by atoms with Crippen molar-refractivity contribution in [2.75, 3.05) is 5.32 Å². The quantitative estimate of drug-likeness (QED) is 0.750. The summed E-state index contributed by atoms with van der Waals surface area (Å²) in [6.45, 7) is 0.382. The Labute approximate surface area is 142 Å². The first-order valence-electron chi connectivity index (χ1n) is 7.79. The molecule has 1 saturated carbocycles. The zero-order chi connectivity index (χ0) is 16.5. The van der Waals surface area contributed by atoms with Gasteiger partial charge in [-0.15, -0.1) is 11.3 Å². The second kappa shape index (κ2) is 6.09. The van der Waals surface area contributed by atoms with Crippen molar-refractivity contribution in [2.45, 2.75) is 19.4 Å². The molecule has 0 radical (unpaired) electrons. The fourth-order valence-electron chi connectivity index (χ4n) is 2.43. The number of anilines is 1.